The molecule has 0 saturated carbocycles. The number of ether oxygens (including phenoxy) is 4. The molecule has 3 aromatic rings. The van der Waals surface area contributed by atoms with Crippen molar-refractivity contribution in [1.29, 1.82) is 0 Å². The summed E-state index contributed by atoms with van der Waals surface area (Å²) in [7, 11) is -0.383. The smallest absolute Gasteiger partial charge is 0.466 e. The lowest BCUT2D eigenvalue weighted by molar-refractivity contribution is -0.938. The lowest BCUT2D eigenvalue weighted by Crippen LogP contribution is -2.60. The number of morpholine rings is 1. The summed E-state index contributed by atoms with van der Waals surface area (Å²) in [6, 6.07) is 12.7. The third kappa shape index (κ3) is 9.26. The maximum atomic E-state index is 14.7. The summed E-state index contributed by atoms with van der Waals surface area (Å²) in [6.07, 6.45) is 0.440. The lowest BCUT2D eigenvalue weighted by Gasteiger charge is -2.45. The van der Waals surface area contributed by atoms with Gasteiger partial charge in [0.25, 0.3) is 5.60 Å². The molecule has 2 bridgehead atoms. The molecule has 3 saturated heterocycles. The van der Waals surface area contributed by atoms with Crippen LogP contribution in [0.1, 0.15) is 74.4 Å². The summed E-state index contributed by atoms with van der Waals surface area (Å²) in [4.78, 5) is 48.8. The molecule has 14 nitrogen and oxygen atoms in total. The van der Waals surface area contributed by atoms with Crippen LogP contribution in [0.15, 0.2) is 53.2 Å². The predicted molar refractivity (Wildman–Crippen MR) is 211 cm³/mol. The first-order valence-corrected chi connectivity index (χ1v) is 22.3. The summed E-state index contributed by atoms with van der Waals surface area (Å²) in [5.41, 5.74) is -0.888. The topological polar surface area (TPSA) is 173 Å². The number of aliphatic hydroxyl groups excluding tert-OH is 1. The molecule has 2 aromatic heterocycles. The van der Waals surface area contributed by atoms with E-state index >= 15 is 0 Å². The second-order valence-electron chi connectivity index (χ2n) is 16.6. The van der Waals surface area contributed by atoms with Crippen molar-refractivity contribution in [2.45, 2.75) is 102 Å². The van der Waals surface area contributed by atoms with Gasteiger partial charge in [0.1, 0.15) is 42.7 Å². The number of phosphoric ester groups is 1. The summed E-state index contributed by atoms with van der Waals surface area (Å²) in [6.45, 7) is 10.5. The largest absolute Gasteiger partial charge is 0.472 e. The van der Waals surface area contributed by atoms with Crippen molar-refractivity contribution in [3.05, 3.63) is 74.1 Å². The van der Waals surface area contributed by atoms with Gasteiger partial charge in [0.2, 0.25) is 0 Å². The minimum absolute atomic E-state index is 0.129. The van der Waals surface area contributed by atoms with Crippen LogP contribution in [-0.4, -0.2) is 119 Å². The normalized spacial score (nSPS) is 23.6. The number of epoxide rings is 1. The van der Waals surface area contributed by atoms with Crippen LogP contribution in [0.2, 0.25) is 0 Å². The van der Waals surface area contributed by atoms with Gasteiger partial charge in [-0.2, -0.15) is 0 Å². The number of quaternary nitrogens is 2. The van der Waals surface area contributed by atoms with Gasteiger partial charge in [0, 0.05) is 30.5 Å². The number of fused-ring (bicyclic) bond motifs is 5. The number of likely N-dealkylation sites (N-methyl/N-ethyl adjacent to an activating group) is 2. The number of thiophene rings is 2. The number of nitrogens with one attached hydrogen (secondary N) is 1. The van der Waals surface area contributed by atoms with Crippen molar-refractivity contribution >= 4 is 42.4 Å². The lowest BCUT2D eigenvalue weighted by atomic mass is 9.95. The molecule has 4 N–H and O–H groups in total. The highest BCUT2D eigenvalue weighted by Gasteiger charge is 2.71. The Balaban J connectivity index is 1.27. The molecule has 0 aliphatic carbocycles. The number of esters is 2. The van der Waals surface area contributed by atoms with Gasteiger partial charge in [-0.1, -0.05) is 18.2 Å². The van der Waals surface area contributed by atoms with E-state index in [-0.39, 0.29) is 65.8 Å². The highest BCUT2D eigenvalue weighted by Crippen LogP contribution is 2.52. The number of carbonyl (C=O) groups is 2. The van der Waals surface area contributed by atoms with Crippen LogP contribution in [0.5, 0.6) is 5.75 Å². The van der Waals surface area contributed by atoms with Crippen LogP contribution in [0.4, 0.5) is 0 Å². The van der Waals surface area contributed by atoms with Crippen LogP contribution in [0.25, 0.3) is 0 Å². The van der Waals surface area contributed by atoms with Crippen molar-refractivity contribution in [3.63, 3.8) is 0 Å². The molecular weight excluding hydrogens is 782 g/mol. The zero-order chi connectivity index (χ0) is 40.7. The fourth-order valence-electron chi connectivity index (χ4n) is 8.27. The molecule has 56 heavy (non-hydrogen) atoms. The van der Waals surface area contributed by atoms with E-state index in [1.54, 1.807) is 30.3 Å². The molecule has 3 fully saturated rings. The number of aliphatic hydroxyl groups is 1. The third-order valence-electron chi connectivity index (χ3n) is 11.6. The maximum Gasteiger partial charge on any atom is 0.472 e. The summed E-state index contributed by atoms with van der Waals surface area (Å²) >= 11 is 2.64. The SMILES string of the molecule is CC[N+](CC)(CC(=O)OC(C(=O)OC1CC2[C@H]3O[C@H]3C(C1)[N+]2(C)C)(c1cccs1)c1cccs1)Cc1cc(C(O)CNC(C)(C)C)ccc1OCOP(=O)(O)O. The van der Waals surface area contributed by atoms with Gasteiger partial charge in [-0.15, -0.1) is 22.7 Å². The Morgan fingerprint density at radius 1 is 1.02 bits per heavy atom. The van der Waals surface area contributed by atoms with E-state index < -0.39 is 38.3 Å². The molecule has 6 rings (SSSR count). The van der Waals surface area contributed by atoms with Gasteiger partial charge in [0.15, 0.2) is 13.3 Å². The number of piperidine rings is 1. The fourth-order valence-corrected chi connectivity index (χ4v) is 10.3. The number of hydrogen-bond donors (Lipinski definition) is 4. The van der Waals surface area contributed by atoms with Gasteiger partial charge >= 0.3 is 19.8 Å². The van der Waals surface area contributed by atoms with Crippen molar-refractivity contribution in [2.24, 2.45) is 0 Å². The van der Waals surface area contributed by atoms with E-state index in [0.29, 0.717) is 46.8 Å². The van der Waals surface area contributed by atoms with E-state index in [1.807, 2.05) is 57.5 Å². The summed E-state index contributed by atoms with van der Waals surface area (Å²) in [5, 5.41) is 18.1. The molecule has 308 valence electrons. The van der Waals surface area contributed by atoms with Crippen LogP contribution < -0.4 is 10.1 Å². The Morgan fingerprint density at radius 2 is 1.62 bits per heavy atom. The first-order valence-electron chi connectivity index (χ1n) is 19.0. The molecule has 17 heteroatoms. The molecule has 1 aromatic carbocycles. The Labute approximate surface area is 336 Å². The second kappa shape index (κ2) is 16.5. The van der Waals surface area contributed by atoms with Crippen LogP contribution >= 0.6 is 30.5 Å². The highest BCUT2D eigenvalue weighted by molar-refractivity contribution is 7.46. The van der Waals surface area contributed by atoms with Gasteiger partial charge in [0.05, 0.1) is 43.0 Å². The first kappa shape index (κ1) is 42.9. The van der Waals surface area contributed by atoms with Crippen molar-refractivity contribution in [2.75, 3.05) is 47.1 Å². The average molecular weight is 838 g/mol. The minimum atomic E-state index is -4.81. The quantitative estimate of drug-likeness (QED) is 0.0453. The number of hydrogen-bond acceptors (Lipinski definition) is 12. The Kier molecular flexibility index (Phi) is 12.6. The molecule has 4 unspecified atom stereocenters. The molecule has 3 aliphatic rings. The van der Waals surface area contributed by atoms with E-state index in [1.165, 1.54) is 22.7 Å². The number of benzene rings is 1. The standard InChI is InChI=1S/C39H54N3O11PS2/c1-8-42(9-2,22-26-18-25(30(43)21-40-38(3,4)5)14-15-31(26)49-24-50-54(46,47)48)23-34(44)53-39(32-12-10-16-55-32,33-13-11-17-56-33)37(45)51-27-19-28-35-36(52-35)29(20-27)41(28,6)7/h10-18,27-30,35-36,40,43H,8-9,19-24H2,1-7H3/p+2/t27?,28?,29?,30?,35-,36+. The van der Waals surface area contributed by atoms with E-state index in [2.05, 4.69) is 23.9 Å². The number of carbonyl (C=O) groups excluding carboxylic acids is 2. The molecule has 6 atom stereocenters. The molecule has 5 heterocycles. The zero-order valence-electron chi connectivity index (χ0n) is 33.1. The van der Waals surface area contributed by atoms with E-state index in [9.17, 15) is 29.0 Å². The molecular formula is C39H56N3O11PS2+2. The average Bonchev–Trinajstić information content (AvgIpc) is 3.41. The third-order valence-corrected chi connectivity index (χ3v) is 14.0. The summed E-state index contributed by atoms with van der Waals surface area (Å²) in [5.74, 6) is -0.960. The van der Waals surface area contributed by atoms with Gasteiger partial charge < -0.3 is 48.1 Å². The first-order chi connectivity index (χ1) is 26.3. The summed E-state index contributed by atoms with van der Waals surface area (Å²) < 4.78 is 41.6. The van der Waals surface area contributed by atoms with E-state index in [0.717, 1.165) is 4.48 Å². The van der Waals surface area contributed by atoms with Crippen molar-refractivity contribution in [3.8, 4) is 5.75 Å². The zero-order valence-corrected chi connectivity index (χ0v) is 35.6. The number of β-amino-alcohol motifs (C(OH)–C–C–N with tert-alkyl or cyclic N) is 1. The molecule has 3 aliphatic heterocycles. The molecule has 0 amide bonds. The molecule has 0 spiro atoms. The van der Waals surface area contributed by atoms with Crippen molar-refractivity contribution < 1.29 is 61.5 Å². The number of phosphoric acid groups is 1. The van der Waals surface area contributed by atoms with E-state index in [4.69, 9.17) is 18.9 Å². The molecule has 0 radical (unpaired) electrons. The number of rotatable bonds is 18. The Morgan fingerprint density at radius 3 is 2.14 bits per heavy atom. The minimum Gasteiger partial charge on any atom is -0.466 e. The fraction of sp³-hybridized carbons (Fsp3) is 0.590. The Hall–Kier alpha value is -2.73. The van der Waals surface area contributed by atoms with Gasteiger partial charge in [-0.25, -0.2) is 18.7 Å². The second-order valence-corrected chi connectivity index (χ2v) is 19.8. The van der Waals surface area contributed by atoms with Crippen LogP contribution in [0, 0.1) is 0 Å². The van der Waals surface area contributed by atoms with Gasteiger partial charge in [-0.05, 0) is 75.2 Å². The Bertz CT molecular complexity index is 1820. The van der Waals surface area contributed by atoms with Crippen molar-refractivity contribution in [1.82, 2.24) is 5.32 Å². The monoisotopic (exact) mass is 837 g/mol. The highest BCUT2D eigenvalue weighted by atomic mass is 32.1. The predicted octanol–water partition coefficient (Wildman–Crippen LogP) is 4.82. The van der Waals surface area contributed by atoms with Crippen LogP contribution in [-0.2, 0) is 45.0 Å². The van der Waals surface area contributed by atoms with Crippen LogP contribution in [0.3, 0.4) is 0 Å². The maximum absolute atomic E-state index is 14.7. The van der Waals surface area contributed by atoms with Gasteiger partial charge in [-0.3, -0.25) is 0 Å². The number of nitrogens with zero attached hydrogens (tertiary/aromatic N) is 2.